The van der Waals surface area contributed by atoms with Gasteiger partial charge in [-0.25, -0.2) is 4.98 Å². The first-order chi connectivity index (χ1) is 19.3. The van der Waals surface area contributed by atoms with Crippen LogP contribution < -0.4 is 0 Å². The van der Waals surface area contributed by atoms with E-state index in [-0.39, 0.29) is 11.3 Å². The largest absolute Gasteiger partial charge is 0.338 e. The molecule has 0 unspecified atom stereocenters. The Kier molecular flexibility index (Phi) is 10.3. The average Bonchev–Trinajstić information content (AvgIpc) is 3.43. The molecule has 0 aliphatic rings. The molecule has 0 N–H and O–H groups in total. The summed E-state index contributed by atoms with van der Waals surface area (Å²) in [5, 5.41) is 2.90. The summed E-state index contributed by atoms with van der Waals surface area (Å²) >= 11 is 1.59. The lowest BCUT2D eigenvalue weighted by Gasteiger charge is -2.26. The van der Waals surface area contributed by atoms with E-state index in [1.54, 1.807) is 11.3 Å². The van der Waals surface area contributed by atoms with Crippen molar-refractivity contribution < 1.29 is 4.79 Å². The molecular weight excluding hydrogens is 510 g/mol. The second kappa shape index (κ2) is 13.9. The normalized spacial score (nSPS) is 11.8. The van der Waals surface area contributed by atoms with Crippen LogP contribution >= 0.6 is 11.3 Å². The maximum Gasteiger partial charge on any atom is 0.273 e. The Balaban J connectivity index is 1.57. The van der Waals surface area contributed by atoms with E-state index in [4.69, 9.17) is 4.98 Å². The highest BCUT2D eigenvalue weighted by atomic mass is 32.1. The molecule has 0 saturated heterocycles. The third-order valence-corrected chi connectivity index (χ3v) is 8.38. The number of thiazole rings is 1. The molecular formula is C35H43N3OS. The first-order valence-electron chi connectivity index (χ1n) is 14.4. The van der Waals surface area contributed by atoms with Gasteiger partial charge in [0.15, 0.2) is 0 Å². The summed E-state index contributed by atoms with van der Waals surface area (Å²) in [6, 6.07) is 30.7. The van der Waals surface area contributed by atoms with E-state index in [1.165, 1.54) is 22.3 Å². The first kappa shape index (κ1) is 29.7. The topological polar surface area (TPSA) is 36.4 Å². The lowest BCUT2D eigenvalue weighted by molar-refractivity contribution is 0.0767. The minimum atomic E-state index is 0.0186. The minimum Gasteiger partial charge on any atom is -0.338 e. The van der Waals surface area contributed by atoms with Gasteiger partial charge >= 0.3 is 0 Å². The molecule has 1 heterocycles. The van der Waals surface area contributed by atoms with E-state index in [0.717, 1.165) is 24.5 Å². The molecule has 4 rings (SSSR count). The molecule has 5 heteroatoms. The lowest BCUT2D eigenvalue weighted by atomic mass is 9.86. The third kappa shape index (κ3) is 7.89. The zero-order valence-corrected chi connectivity index (χ0v) is 25.5. The zero-order chi connectivity index (χ0) is 28.5. The Labute approximate surface area is 244 Å². The fourth-order valence-corrected chi connectivity index (χ4v) is 5.95. The van der Waals surface area contributed by atoms with E-state index in [0.29, 0.717) is 31.2 Å². The van der Waals surface area contributed by atoms with Gasteiger partial charge in [-0.05, 0) is 54.5 Å². The van der Waals surface area contributed by atoms with E-state index < -0.39 is 0 Å². The highest BCUT2D eigenvalue weighted by Gasteiger charge is 2.20. The quantitative estimate of drug-likeness (QED) is 0.178. The zero-order valence-electron chi connectivity index (χ0n) is 24.6. The number of aromatic nitrogens is 1. The molecule has 1 aromatic heterocycles. The summed E-state index contributed by atoms with van der Waals surface area (Å²) in [7, 11) is 0. The lowest BCUT2D eigenvalue weighted by Crippen LogP contribution is -2.30. The van der Waals surface area contributed by atoms with Gasteiger partial charge in [-0.1, -0.05) is 106 Å². The van der Waals surface area contributed by atoms with Crippen LogP contribution in [0, 0.1) is 0 Å². The van der Waals surface area contributed by atoms with Crippen molar-refractivity contribution in [3.05, 3.63) is 123 Å². The number of hydrogen-bond acceptors (Lipinski definition) is 4. The van der Waals surface area contributed by atoms with Crippen molar-refractivity contribution in [1.29, 1.82) is 0 Å². The van der Waals surface area contributed by atoms with Crippen molar-refractivity contribution in [3.63, 3.8) is 0 Å². The van der Waals surface area contributed by atoms with Gasteiger partial charge in [0.05, 0.1) is 6.54 Å². The van der Waals surface area contributed by atoms with Crippen LogP contribution in [-0.4, -0.2) is 40.3 Å². The summed E-state index contributed by atoms with van der Waals surface area (Å²) < 4.78 is 0. The summed E-state index contributed by atoms with van der Waals surface area (Å²) in [5.74, 6) is 0.328. The molecule has 3 aromatic carbocycles. The van der Waals surface area contributed by atoms with E-state index >= 15 is 0 Å². The van der Waals surface area contributed by atoms with Gasteiger partial charge in [-0.2, -0.15) is 0 Å². The van der Waals surface area contributed by atoms with Crippen LogP contribution in [-0.2, 0) is 18.5 Å². The number of carbonyl (C=O) groups is 1. The summed E-state index contributed by atoms with van der Waals surface area (Å²) in [4.78, 5) is 22.0. The fourth-order valence-electron chi connectivity index (χ4n) is 5.14. The third-order valence-electron chi connectivity index (χ3n) is 7.54. The molecule has 1 amide bonds. The Bertz CT molecular complexity index is 1280. The number of hydrogen-bond donors (Lipinski definition) is 0. The van der Waals surface area contributed by atoms with Crippen molar-refractivity contribution in [1.82, 2.24) is 14.8 Å². The monoisotopic (exact) mass is 553 g/mol. The van der Waals surface area contributed by atoms with Gasteiger partial charge in [-0.15, -0.1) is 11.3 Å². The van der Waals surface area contributed by atoms with Gasteiger partial charge < -0.3 is 4.90 Å². The second-order valence-corrected chi connectivity index (χ2v) is 12.4. The van der Waals surface area contributed by atoms with Crippen molar-refractivity contribution in [2.24, 2.45) is 0 Å². The Morgan fingerprint density at radius 1 is 0.825 bits per heavy atom. The molecule has 0 saturated carbocycles. The molecule has 0 atom stereocenters. The van der Waals surface area contributed by atoms with Crippen molar-refractivity contribution in [2.75, 3.05) is 19.6 Å². The molecule has 0 aliphatic carbocycles. The minimum absolute atomic E-state index is 0.0186. The van der Waals surface area contributed by atoms with Crippen molar-refractivity contribution in [3.8, 4) is 0 Å². The van der Waals surface area contributed by atoms with Crippen LogP contribution in [0.3, 0.4) is 0 Å². The van der Waals surface area contributed by atoms with Crippen LogP contribution in [0.5, 0.6) is 0 Å². The smallest absolute Gasteiger partial charge is 0.273 e. The van der Waals surface area contributed by atoms with Crippen LogP contribution in [0.2, 0.25) is 0 Å². The van der Waals surface area contributed by atoms with Crippen LogP contribution in [0.15, 0.2) is 90.3 Å². The van der Waals surface area contributed by atoms with Gasteiger partial charge in [-0.3, -0.25) is 9.69 Å². The molecule has 0 spiro atoms. The number of carbonyl (C=O) groups excluding carboxylic acids is 1. The molecule has 4 aromatic rings. The Morgan fingerprint density at radius 3 is 1.93 bits per heavy atom. The molecule has 0 radical (unpaired) electrons. The van der Waals surface area contributed by atoms with E-state index in [9.17, 15) is 4.79 Å². The maximum atomic E-state index is 12.9. The fraction of sp³-hybridized carbons (Fsp3) is 0.371. The predicted octanol–water partition coefficient (Wildman–Crippen LogP) is 8.15. The molecule has 210 valence electrons. The summed E-state index contributed by atoms with van der Waals surface area (Å²) in [5.41, 5.74) is 6.00. The highest BCUT2D eigenvalue weighted by molar-refractivity contribution is 7.09. The molecule has 0 fully saturated rings. The molecule has 4 nitrogen and oxygen atoms in total. The highest BCUT2D eigenvalue weighted by Crippen LogP contribution is 2.29. The summed E-state index contributed by atoms with van der Waals surface area (Å²) in [6.07, 6.45) is 0.991. The van der Waals surface area contributed by atoms with Gasteiger partial charge in [0.2, 0.25) is 0 Å². The van der Waals surface area contributed by atoms with Gasteiger partial charge in [0.1, 0.15) is 10.7 Å². The van der Waals surface area contributed by atoms with Crippen molar-refractivity contribution in [2.45, 2.75) is 65.5 Å². The first-order valence-corrected chi connectivity index (χ1v) is 15.3. The number of rotatable bonds is 12. The van der Waals surface area contributed by atoms with Crippen LogP contribution in [0.1, 0.15) is 84.7 Å². The van der Waals surface area contributed by atoms with Gasteiger partial charge in [0, 0.05) is 30.9 Å². The van der Waals surface area contributed by atoms with Crippen LogP contribution in [0.4, 0.5) is 0 Å². The number of amides is 1. The molecule has 40 heavy (non-hydrogen) atoms. The van der Waals surface area contributed by atoms with E-state index in [2.05, 4.69) is 111 Å². The van der Waals surface area contributed by atoms with Crippen LogP contribution in [0.25, 0.3) is 0 Å². The number of nitrogens with zero attached hydrogens (tertiary/aromatic N) is 3. The van der Waals surface area contributed by atoms with Gasteiger partial charge in [0.25, 0.3) is 5.91 Å². The Hall–Kier alpha value is -3.28. The SMILES string of the molecule is CCN(CC)C(=O)c1csc(CN(CCC(c2ccccc2)c2ccccc2)Cc2ccc(C(C)(C)C)cc2)n1. The van der Waals surface area contributed by atoms with E-state index in [1.807, 2.05) is 24.1 Å². The number of benzene rings is 3. The Morgan fingerprint density at radius 2 is 1.40 bits per heavy atom. The standard InChI is InChI=1S/C35H43N3OS/c1-6-38(7-2)34(39)32-26-40-33(36-32)25-37(24-27-18-20-30(21-19-27)35(3,4)5)23-22-31(28-14-10-8-11-15-28)29-16-12-9-13-17-29/h8-21,26,31H,6-7,22-25H2,1-5H3. The second-order valence-electron chi connectivity index (χ2n) is 11.4. The molecule has 0 bridgehead atoms. The maximum absolute atomic E-state index is 12.9. The predicted molar refractivity (Wildman–Crippen MR) is 168 cm³/mol. The molecule has 0 aliphatic heterocycles. The summed E-state index contributed by atoms with van der Waals surface area (Å²) in [6.45, 7) is 14.6. The van der Waals surface area contributed by atoms with Crippen molar-refractivity contribution >= 4 is 17.2 Å². The average molecular weight is 554 g/mol.